The Labute approximate surface area is 111 Å². The molecule has 0 aromatic carbocycles. The van der Waals surface area contributed by atoms with Gasteiger partial charge < -0.3 is 10.2 Å². The van der Waals surface area contributed by atoms with E-state index in [2.05, 4.69) is 13.8 Å². The van der Waals surface area contributed by atoms with E-state index in [9.17, 15) is 9.90 Å². The van der Waals surface area contributed by atoms with E-state index in [1.807, 2.05) is 13.8 Å². The summed E-state index contributed by atoms with van der Waals surface area (Å²) in [5.41, 5.74) is 0.268. The topological polar surface area (TPSA) is 57.5 Å². The molecule has 0 radical (unpaired) electrons. The van der Waals surface area contributed by atoms with Crippen LogP contribution in [0, 0.1) is 16.7 Å². The first-order chi connectivity index (χ1) is 8.33. The summed E-state index contributed by atoms with van der Waals surface area (Å²) >= 11 is 0. The van der Waals surface area contributed by atoms with Crippen LogP contribution in [0.5, 0.6) is 0 Å². The molecule has 0 spiro atoms. The minimum Gasteiger partial charge on any atom is -0.481 e. The lowest BCUT2D eigenvalue weighted by atomic mass is 9.51. The summed E-state index contributed by atoms with van der Waals surface area (Å²) in [6, 6.07) is 0. The van der Waals surface area contributed by atoms with Crippen molar-refractivity contribution in [3.05, 3.63) is 0 Å². The van der Waals surface area contributed by atoms with Crippen LogP contribution in [0.4, 0.5) is 0 Å². The highest BCUT2D eigenvalue weighted by Crippen LogP contribution is 2.58. The molecule has 2 fully saturated rings. The molecule has 2 saturated carbocycles. The Balaban J connectivity index is 0.000000771. The Morgan fingerprint density at radius 3 is 2.44 bits per heavy atom. The molecule has 2 aliphatic rings. The highest BCUT2D eigenvalue weighted by molar-refractivity contribution is 5.67. The molecule has 18 heavy (non-hydrogen) atoms. The molecule has 4 atom stereocenters. The Morgan fingerprint density at radius 2 is 1.89 bits per heavy atom. The first-order valence-corrected chi connectivity index (χ1v) is 7.23. The number of rotatable bonds is 2. The van der Waals surface area contributed by atoms with E-state index in [1.54, 1.807) is 0 Å². The molecule has 2 rings (SSSR count). The zero-order valence-electron chi connectivity index (χ0n) is 12.2. The third kappa shape index (κ3) is 3.25. The van der Waals surface area contributed by atoms with Crippen molar-refractivity contribution in [2.24, 2.45) is 16.7 Å². The average Bonchev–Trinajstić information content (AvgIpc) is 2.23. The van der Waals surface area contributed by atoms with Gasteiger partial charge in [-0.2, -0.15) is 0 Å². The molecule has 0 amide bonds. The molecule has 0 aromatic rings. The predicted octanol–water partition coefficient (Wildman–Crippen LogP) is 3.45. The van der Waals surface area contributed by atoms with Gasteiger partial charge in [0.2, 0.25) is 0 Å². The molecule has 2 N–H and O–H groups in total. The molecule has 3 heteroatoms. The summed E-state index contributed by atoms with van der Waals surface area (Å²) in [4.78, 5) is 10.9. The van der Waals surface area contributed by atoms with Gasteiger partial charge in [0, 0.05) is 6.42 Å². The summed E-state index contributed by atoms with van der Waals surface area (Å²) in [7, 11) is 0. The van der Waals surface area contributed by atoms with Crippen LogP contribution < -0.4 is 0 Å². The minimum absolute atomic E-state index is 0.0308. The number of aliphatic carboxylic acids is 1. The molecule has 2 aliphatic carbocycles. The zero-order valence-corrected chi connectivity index (χ0v) is 12.2. The van der Waals surface area contributed by atoms with Crippen LogP contribution in [0.15, 0.2) is 0 Å². The van der Waals surface area contributed by atoms with Gasteiger partial charge in [-0.1, -0.05) is 27.7 Å². The average molecular weight is 256 g/mol. The van der Waals surface area contributed by atoms with Crippen molar-refractivity contribution in [2.75, 3.05) is 0 Å². The molecular formula is C15H28O3. The van der Waals surface area contributed by atoms with Crippen LogP contribution in [0.25, 0.3) is 0 Å². The van der Waals surface area contributed by atoms with E-state index < -0.39 is 5.97 Å². The first-order valence-electron chi connectivity index (χ1n) is 7.23. The zero-order chi connectivity index (χ0) is 14.0. The van der Waals surface area contributed by atoms with E-state index >= 15 is 0 Å². The Morgan fingerprint density at radius 1 is 1.28 bits per heavy atom. The van der Waals surface area contributed by atoms with Gasteiger partial charge in [-0.25, -0.2) is 0 Å². The highest BCUT2D eigenvalue weighted by Gasteiger charge is 2.50. The molecule has 2 bridgehead atoms. The number of carbonyl (C=O) groups is 1. The fraction of sp³-hybridized carbons (Fsp3) is 0.933. The third-order valence-corrected chi connectivity index (χ3v) is 4.76. The lowest BCUT2D eigenvalue weighted by Gasteiger charge is -2.55. The molecule has 106 valence electrons. The predicted molar refractivity (Wildman–Crippen MR) is 72.4 cm³/mol. The minimum atomic E-state index is -0.699. The number of hydrogen-bond donors (Lipinski definition) is 2. The third-order valence-electron chi connectivity index (χ3n) is 4.76. The summed E-state index contributed by atoms with van der Waals surface area (Å²) in [5, 5.41) is 18.9. The van der Waals surface area contributed by atoms with Gasteiger partial charge in [0.25, 0.3) is 0 Å². The highest BCUT2D eigenvalue weighted by atomic mass is 16.4. The van der Waals surface area contributed by atoms with Crippen molar-refractivity contribution < 1.29 is 15.0 Å². The monoisotopic (exact) mass is 256 g/mol. The second-order valence-corrected chi connectivity index (χ2v) is 6.54. The molecule has 0 aromatic heterocycles. The number of carboxylic acids is 1. The van der Waals surface area contributed by atoms with Gasteiger partial charge in [-0.3, -0.25) is 4.79 Å². The van der Waals surface area contributed by atoms with E-state index in [0.717, 1.165) is 32.1 Å². The number of fused-ring (bicyclic) bond motifs is 2. The Hall–Kier alpha value is -0.570. The maximum Gasteiger partial charge on any atom is 0.303 e. The summed E-state index contributed by atoms with van der Waals surface area (Å²) < 4.78 is 0. The van der Waals surface area contributed by atoms with E-state index in [0.29, 0.717) is 0 Å². The quantitative estimate of drug-likeness (QED) is 0.795. The molecule has 0 heterocycles. The molecule has 0 aliphatic heterocycles. The summed E-state index contributed by atoms with van der Waals surface area (Å²) in [5.74, 6) is -0.456. The Bertz CT molecular complexity index is 302. The molecule has 0 saturated heterocycles. The van der Waals surface area contributed by atoms with Crippen LogP contribution in [-0.2, 0) is 4.79 Å². The number of carboxylic acid groups (broad SMARTS) is 1. The molecule has 3 unspecified atom stereocenters. The van der Waals surface area contributed by atoms with Crippen LogP contribution in [-0.4, -0.2) is 22.3 Å². The van der Waals surface area contributed by atoms with Crippen molar-refractivity contribution in [1.29, 1.82) is 0 Å². The normalized spacial score (nSPS) is 42.7. The van der Waals surface area contributed by atoms with Crippen LogP contribution in [0.3, 0.4) is 0 Å². The van der Waals surface area contributed by atoms with Crippen molar-refractivity contribution in [1.82, 2.24) is 0 Å². The largest absolute Gasteiger partial charge is 0.481 e. The van der Waals surface area contributed by atoms with E-state index in [-0.39, 0.29) is 29.3 Å². The van der Waals surface area contributed by atoms with Crippen LogP contribution in [0.2, 0.25) is 0 Å². The number of aliphatic hydroxyl groups excluding tert-OH is 1. The van der Waals surface area contributed by atoms with Gasteiger partial charge >= 0.3 is 5.97 Å². The standard InChI is InChI=1S/C13H22O3.C2H6/c1-12-4-3-9(5-11(15)16)13(2,8-12)7-10(14)6-12;1-2/h9-10,14H,3-8H2,1-2H3,(H,15,16);1-2H3/t9-,10?,12?,13?;/m1./s1. The summed E-state index contributed by atoms with van der Waals surface area (Å²) in [6.45, 7) is 8.41. The maximum atomic E-state index is 10.9. The van der Waals surface area contributed by atoms with Gasteiger partial charge in [0.1, 0.15) is 0 Å². The van der Waals surface area contributed by atoms with Crippen LogP contribution >= 0.6 is 0 Å². The maximum absolute atomic E-state index is 10.9. The summed E-state index contributed by atoms with van der Waals surface area (Å²) in [6.07, 6.45) is 4.85. The number of aliphatic hydroxyl groups is 1. The second-order valence-electron chi connectivity index (χ2n) is 6.54. The van der Waals surface area contributed by atoms with Crippen molar-refractivity contribution in [2.45, 2.75) is 72.3 Å². The SMILES string of the molecule is CC.CC12CC[C@H](CC(=O)O)C(C)(CC(O)C1)C2. The second kappa shape index (κ2) is 5.60. The van der Waals surface area contributed by atoms with Gasteiger partial charge in [0.05, 0.1) is 6.10 Å². The fourth-order valence-corrected chi connectivity index (χ4v) is 4.23. The first kappa shape index (κ1) is 15.5. The fourth-order valence-electron chi connectivity index (χ4n) is 4.23. The van der Waals surface area contributed by atoms with Gasteiger partial charge in [0.15, 0.2) is 0 Å². The lowest BCUT2D eigenvalue weighted by Crippen LogP contribution is -2.48. The van der Waals surface area contributed by atoms with Gasteiger partial charge in [-0.15, -0.1) is 0 Å². The van der Waals surface area contributed by atoms with Crippen molar-refractivity contribution in [3.8, 4) is 0 Å². The Kier molecular flexibility index (Phi) is 4.82. The lowest BCUT2D eigenvalue weighted by molar-refractivity contribution is -0.144. The van der Waals surface area contributed by atoms with E-state index in [4.69, 9.17) is 5.11 Å². The van der Waals surface area contributed by atoms with Crippen molar-refractivity contribution >= 4 is 5.97 Å². The van der Waals surface area contributed by atoms with Gasteiger partial charge in [-0.05, 0) is 48.9 Å². The molecule has 3 nitrogen and oxygen atoms in total. The van der Waals surface area contributed by atoms with Crippen LogP contribution in [0.1, 0.15) is 66.2 Å². The smallest absolute Gasteiger partial charge is 0.303 e. The molecular weight excluding hydrogens is 228 g/mol. The number of hydrogen-bond acceptors (Lipinski definition) is 2. The van der Waals surface area contributed by atoms with Crippen molar-refractivity contribution in [3.63, 3.8) is 0 Å². The van der Waals surface area contributed by atoms with E-state index in [1.165, 1.54) is 0 Å².